The molecule has 1 aromatic carbocycles. The Morgan fingerprint density at radius 1 is 1.43 bits per heavy atom. The minimum Gasteiger partial charge on any atom is -0.355 e. The van der Waals surface area contributed by atoms with Crippen molar-refractivity contribution in [3.05, 3.63) is 44.3 Å². The van der Waals surface area contributed by atoms with Gasteiger partial charge in [-0.15, -0.1) is 23.1 Å². The van der Waals surface area contributed by atoms with Gasteiger partial charge in [0, 0.05) is 33.6 Å². The van der Waals surface area contributed by atoms with E-state index in [2.05, 4.69) is 58.4 Å². The predicted octanol–water partition coefficient (Wildman–Crippen LogP) is 4.79. The van der Waals surface area contributed by atoms with Gasteiger partial charge in [-0.25, -0.2) is 4.98 Å². The van der Waals surface area contributed by atoms with E-state index in [0.29, 0.717) is 18.2 Å². The Kier molecular flexibility index (Phi) is 7.11. The molecule has 1 amide bonds. The van der Waals surface area contributed by atoms with Crippen molar-refractivity contribution in [3.8, 4) is 0 Å². The molecule has 0 atom stereocenters. The Morgan fingerprint density at radius 3 is 2.87 bits per heavy atom. The molecule has 0 aliphatic heterocycles. The zero-order chi connectivity index (χ0) is 16.8. The maximum Gasteiger partial charge on any atom is 0.230 e. The molecule has 1 aromatic heterocycles. The third-order valence-electron chi connectivity index (χ3n) is 3.26. The molecule has 1 N–H and O–H groups in total. The van der Waals surface area contributed by atoms with Crippen molar-refractivity contribution in [1.29, 1.82) is 0 Å². The monoisotopic (exact) mass is 412 g/mol. The van der Waals surface area contributed by atoms with Gasteiger partial charge in [-0.1, -0.05) is 29.8 Å². The fourth-order valence-corrected chi connectivity index (χ4v) is 4.19. The Morgan fingerprint density at radius 2 is 2.22 bits per heavy atom. The number of thiazole rings is 1. The van der Waals surface area contributed by atoms with Crippen LogP contribution in [0.1, 0.15) is 36.0 Å². The summed E-state index contributed by atoms with van der Waals surface area (Å²) in [5.74, 6) is 0.974. The summed E-state index contributed by atoms with van der Waals surface area (Å²) in [7, 11) is 0. The topological polar surface area (TPSA) is 42.0 Å². The highest BCUT2D eigenvalue weighted by atomic mass is 79.9. The number of aryl methyl sites for hydroxylation is 1. The summed E-state index contributed by atoms with van der Waals surface area (Å²) in [4.78, 5) is 17.7. The molecule has 0 aliphatic carbocycles. The fraction of sp³-hybridized carbons (Fsp3) is 0.412. The number of rotatable bonds is 7. The molecule has 0 unspecified atom stereocenters. The van der Waals surface area contributed by atoms with Crippen molar-refractivity contribution in [2.45, 2.75) is 38.0 Å². The number of amides is 1. The van der Waals surface area contributed by atoms with Gasteiger partial charge in [0.25, 0.3) is 0 Å². The Labute approximate surface area is 154 Å². The van der Waals surface area contributed by atoms with Crippen LogP contribution in [0.4, 0.5) is 0 Å². The molecule has 0 radical (unpaired) electrons. The third-order valence-corrected chi connectivity index (χ3v) is 6.13. The first kappa shape index (κ1) is 18.5. The molecule has 23 heavy (non-hydrogen) atoms. The number of nitrogens with zero attached hydrogens (tertiary/aromatic N) is 1. The Balaban J connectivity index is 1.72. The first-order valence-corrected chi connectivity index (χ1v) is 10.2. The number of hydrogen-bond acceptors (Lipinski definition) is 4. The van der Waals surface area contributed by atoms with Gasteiger partial charge in [-0.3, -0.25) is 4.79 Å². The molecule has 0 saturated heterocycles. The molecular formula is C17H21BrN2OS2. The summed E-state index contributed by atoms with van der Waals surface area (Å²) in [6.45, 7) is 6.98. The highest BCUT2D eigenvalue weighted by molar-refractivity contribution is 9.10. The third kappa shape index (κ3) is 5.94. The van der Waals surface area contributed by atoms with Crippen LogP contribution >= 0.6 is 39.0 Å². The van der Waals surface area contributed by atoms with Crippen LogP contribution in [0.3, 0.4) is 0 Å². The van der Waals surface area contributed by atoms with Crippen LogP contribution in [-0.2, 0) is 11.2 Å². The molecule has 124 valence electrons. The quantitative estimate of drug-likeness (QED) is 0.664. The van der Waals surface area contributed by atoms with E-state index < -0.39 is 0 Å². The molecule has 0 spiro atoms. The van der Waals surface area contributed by atoms with E-state index in [-0.39, 0.29) is 5.91 Å². The highest BCUT2D eigenvalue weighted by Crippen LogP contribution is 2.25. The lowest BCUT2D eigenvalue weighted by atomic mass is 10.2. The number of aromatic nitrogens is 1. The molecule has 2 rings (SSSR count). The van der Waals surface area contributed by atoms with Crippen LogP contribution < -0.4 is 5.32 Å². The van der Waals surface area contributed by atoms with Crippen molar-refractivity contribution in [3.63, 3.8) is 0 Å². The molecule has 0 aliphatic rings. The number of thioether (sulfide) groups is 1. The molecule has 0 saturated carbocycles. The normalized spacial score (nSPS) is 11.0. The second-order valence-electron chi connectivity index (χ2n) is 5.63. The molecular weight excluding hydrogens is 392 g/mol. The van der Waals surface area contributed by atoms with E-state index in [0.717, 1.165) is 26.5 Å². The van der Waals surface area contributed by atoms with E-state index in [9.17, 15) is 4.79 Å². The van der Waals surface area contributed by atoms with Gasteiger partial charge >= 0.3 is 0 Å². The average Bonchev–Trinajstić information content (AvgIpc) is 2.95. The number of nitrogens with one attached hydrogen (secondary N) is 1. The first-order chi connectivity index (χ1) is 11.0. The van der Waals surface area contributed by atoms with Crippen molar-refractivity contribution in [2.75, 3.05) is 12.3 Å². The average molecular weight is 413 g/mol. The second-order valence-corrected chi connectivity index (χ2v) is 8.45. The van der Waals surface area contributed by atoms with E-state index in [1.54, 1.807) is 23.1 Å². The molecule has 1 heterocycles. The lowest BCUT2D eigenvalue weighted by molar-refractivity contribution is -0.118. The van der Waals surface area contributed by atoms with Gasteiger partial charge in [0.15, 0.2) is 0 Å². The van der Waals surface area contributed by atoms with Gasteiger partial charge in [0.2, 0.25) is 5.91 Å². The zero-order valence-corrected chi connectivity index (χ0v) is 16.8. The van der Waals surface area contributed by atoms with Gasteiger partial charge in [0.1, 0.15) is 0 Å². The second kappa shape index (κ2) is 8.85. The van der Waals surface area contributed by atoms with Gasteiger partial charge in [-0.05, 0) is 30.7 Å². The number of benzene rings is 1. The maximum absolute atomic E-state index is 11.9. The summed E-state index contributed by atoms with van der Waals surface area (Å²) in [6, 6.07) is 6.11. The van der Waals surface area contributed by atoms with Gasteiger partial charge < -0.3 is 5.32 Å². The minimum absolute atomic E-state index is 0.0663. The van der Waals surface area contributed by atoms with Gasteiger partial charge in [0.05, 0.1) is 16.5 Å². The van der Waals surface area contributed by atoms with Crippen LogP contribution in [0.5, 0.6) is 0 Å². The largest absolute Gasteiger partial charge is 0.355 e. The van der Waals surface area contributed by atoms with Crippen molar-refractivity contribution >= 4 is 44.9 Å². The summed E-state index contributed by atoms with van der Waals surface area (Å²) >= 11 is 6.72. The minimum atomic E-state index is 0.0663. The number of carbonyl (C=O) groups is 1. The van der Waals surface area contributed by atoms with Crippen molar-refractivity contribution in [1.82, 2.24) is 10.3 Å². The zero-order valence-electron chi connectivity index (χ0n) is 13.6. The molecule has 0 bridgehead atoms. The SMILES string of the molecule is Cc1cc(Br)ccc1SCC(=O)NCCc1csc(C(C)C)n1. The summed E-state index contributed by atoms with van der Waals surface area (Å²) < 4.78 is 1.06. The predicted molar refractivity (Wildman–Crippen MR) is 103 cm³/mol. The molecule has 2 aromatic rings. The van der Waals surface area contributed by atoms with Crippen molar-refractivity contribution < 1.29 is 4.79 Å². The lowest BCUT2D eigenvalue weighted by Gasteiger charge is -2.07. The van der Waals surface area contributed by atoms with E-state index in [4.69, 9.17) is 0 Å². The summed E-state index contributed by atoms with van der Waals surface area (Å²) in [5.41, 5.74) is 2.25. The van der Waals surface area contributed by atoms with E-state index >= 15 is 0 Å². The van der Waals surface area contributed by atoms with E-state index in [1.807, 2.05) is 12.1 Å². The first-order valence-electron chi connectivity index (χ1n) is 7.55. The van der Waals surface area contributed by atoms with Crippen molar-refractivity contribution in [2.24, 2.45) is 0 Å². The number of carbonyl (C=O) groups excluding carboxylic acids is 1. The fourth-order valence-electron chi connectivity index (χ4n) is 2.00. The summed E-state index contributed by atoms with van der Waals surface area (Å²) in [6.07, 6.45) is 0.789. The smallest absolute Gasteiger partial charge is 0.230 e. The lowest BCUT2D eigenvalue weighted by Crippen LogP contribution is -2.27. The van der Waals surface area contributed by atoms with Gasteiger partial charge in [-0.2, -0.15) is 0 Å². The highest BCUT2D eigenvalue weighted by Gasteiger charge is 2.08. The van der Waals surface area contributed by atoms with Crippen LogP contribution in [0.15, 0.2) is 32.9 Å². The number of hydrogen-bond donors (Lipinski definition) is 1. The van der Waals surface area contributed by atoms with Crippen LogP contribution in [-0.4, -0.2) is 23.2 Å². The van der Waals surface area contributed by atoms with Crippen LogP contribution in [0, 0.1) is 6.92 Å². The number of halogens is 1. The molecule has 0 fully saturated rings. The summed E-state index contributed by atoms with van der Waals surface area (Å²) in [5, 5.41) is 6.21. The maximum atomic E-state index is 11.9. The Hall–Kier alpha value is -0.850. The van der Waals surface area contributed by atoms with E-state index in [1.165, 1.54) is 5.56 Å². The standard InChI is InChI=1S/C17H21BrN2OS2/c1-11(2)17-20-14(9-23-17)6-7-19-16(21)10-22-15-5-4-13(18)8-12(15)3/h4-5,8-9,11H,6-7,10H2,1-3H3,(H,19,21). The van der Waals surface area contributed by atoms with Crippen LogP contribution in [0.25, 0.3) is 0 Å². The molecule has 3 nitrogen and oxygen atoms in total. The Bertz CT molecular complexity index is 670. The molecule has 6 heteroatoms. The van der Waals surface area contributed by atoms with Crippen LogP contribution in [0.2, 0.25) is 0 Å².